The number of nitrogens with two attached hydrogens (primary N) is 1. The van der Waals surface area contributed by atoms with Crippen molar-refractivity contribution in [3.8, 4) is 11.5 Å². The van der Waals surface area contributed by atoms with Gasteiger partial charge in [-0.3, -0.25) is 0 Å². The first-order valence-corrected chi connectivity index (χ1v) is 8.07. The number of anilines is 1. The average Bonchev–Trinajstić information content (AvgIpc) is 2.43. The minimum atomic E-state index is -3.63. The summed E-state index contributed by atoms with van der Waals surface area (Å²) >= 11 is 3.14. The van der Waals surface area contributed by atoms with E-state index in [0.717, 1.165) is 0 Å². The Labute approximate surface area is 130 Å². The molecule has 0 unspecified atom stereocenters. The summed E-state index contributed by atoms with van der Waals surface area (Å²) in [5.41, 5.74) is 5.93. The van der Waals surface area contributed by atoms with E-state index in [2.05, 4.69) is 20.7 Å². The van der Waals surface area contributed by atoms with Crippen molar-refractivity contribution in [2.24, 2.45) is 0 Å². The van der Waals surface area contributed by atoms with Gasteiger partial charge >= 0.3 is 0 Å². The molecule has 8 heteroatoms. The molecule has 2 rings (SSSR count). The van der Waals surface area contributed by atoms with Crippen LogP contribution in [0.1, 0.15) is 0 Å². The Morgan fingerprint density at radius 3 is 2.52 bits per heavy atom. The molecule has 0 aliphatic carbocycles. The SMILES string of the molecule is CNS(=O)(=O)c1ccc(N)c(Oc2ccc(Br)cc2F)c1. The summed E-state index contributed by atoms with van der Waals surface area (Å²) in [6, 6.07) is 8.21. The van der Waals surface area contributed by atoms with Crippen LogP contribution in [-0.2, 0) is 10.0 Å². The molecule has 112 valence electrons. The van der Waals surface area contributed by atoms with Crippen molar-refractivity contribution in [2.75, 3.05) is 12.8 Å². The van der Waals surface area contributed by atoms with E-state index in [1.165, 1.54) is 37.4 Å². The van der Waals surface area contributed by atoms with Crippen LogP contribution >= 0.6 is 15.9 Å². The molecule has 5 nitrogen and oxygen atoms in total. The standard InChI is InChI=1S/C13H12BrFN2O3S/c1-17-21(18,19)9-3-4-11(16)13(7-9)20-12-5-2-8(14)6-10(12)15/h2-7,17H,16H2,1H3. The molecule has 0 amide bonds. The molecular weight excluding hydrogens is 363 g/mol. The highest BCUT2D eigenvalue weighted by atomic mass is 79.9. The first-order valence-electron chi connectivity index (χ1n) is 5.79. The number of hydrogen-bond donors (Lipinski definition) is 2. The third-order valence-electron chi connectivity index (χ3n) is 2.68. The fraction of sp³-hybridized carbons (Fsp3) is 0.0769. The Morgan fingerprint density at radius 2 is 1.90 bits per heavy atom. The van der Waals surface area contributed by atoms with Gasteiger partial charge in [0.05, 0.1) is 10.6 Å². The van der Waals surface area contributed by atoms with E-state index in [1.54, 1.807) is 6.07 Å². The van der Waals surface area contributed by atoms with Crippen molar-refractivity contribution < 1.29 is 17.5 Å². The van der Waals surface area contributed by atoms with Crippen LogP contribution in [0, 0.1) is 5.82 Å². The average molecular weight is 375 g/mol. The Morgan fingerprint density at radius 1 is 1.19 bits per heavy atom. The number of hydrogen-bond acceptors (Lipinski definition) is 4. The van der Waals surface area contributed by atoms with Crippen LogP contribution in [0.5, 0.6) is 11.5 Å². The van der Waals surface area contributed by atoms with Crippen LogP contribution < -0.4 is 15.2 Å². The minimum absolute atomic E-state index is 0.0216. The molecule has 0 aliphatic heterocycles. The van der Waals surface area contributed by atoms with Gasteiger partial charge in [-0.2, -0.15) is 0 Å². The molecule has 0 heterocycles. The fourth-order valence-electron chi connectivity index (χ4n) is 1.56. The van der Waals surface area contributed by atoms with E-state index in [0.29, 0.717) is 4.47 Å². The number of sulfonamides is 1. The summed E-state index contributed by atoms with van der Waals surface area (Å²) in [5.74, 6) is -0.581. The zero-order valence-electron chi connectivity index (χ0n) is 10.9. The maximum absolute atomic E-state index is 13.7. The smallest absolute Gasteiger partial charge is 0.240 e. The zero-order valence-corrected chi connectivity index (χ0v) is 13.3. The summed E-state index contributed by atoms with van der Waals surface area (Å²) < 4.78 is 45.3. The van der Waals surface area contributed by atoms with Gasteiger partial charge < -0.3 is 10.5 Å². The molecule has 0 fully saturated rings. The Kier molecular flexibility index (Phi) is 4.50. The van der Waals surface area contributed by atoms with Crippen LogP contribution in [-0.4, -0.2) is 15.5 Å². The normalized spacial score (nSPS) is 11.4. The van der Waals surface area contributed by atoms with E-state index in [9.17, 15) is 12.8 Å². The van der Waals surface area contributed by atoms with E-state index < -0.39 is 15.8 Å². The van der Waals surface area contributed by atoms with Crippen molar-refractivity contribution >= 4 is 31.6 Å². The summed E-state index contributed by atoms with van der Waals surface area (Å²) in [4.78, 5) is -0.0216. The van der Waals surface area contributed by atoms with Crippen LogP contribution in [0.2, 0.25) is 0 Å². The summed E-state index contributed by atoms with van der Waals surface area (Å²) in [7, 11) is -2.34. The zero-order chi connectivity index (χ0) is 15.6. The molecule has 0 spiro atoms. The third kappa shape index (κ3) is 3.52. The van der Waals surface area contributed by atoms with Gasteiger partial charge in [-0.15, -0.1) is 0 Å². The number of benzene rings is 2. The van der Waals surface area contributed by atoms with Crippen LogP contribution in [0.25, 0.3) is 0 Å². The second-order valence-electron chi connectivity index (χ2n) is 4.08. The molecule has 0 aromatic heterocycles. The number of rotatable bonds is 4. The van der Waals surface area contributed by atoms with Crippen molar-refractivity contribution in [1.82, 2.24) is 4.72 Å². The topological polar surface area (TPSA) is 81.4 Å². The highest BCUT2D eigenvalue weighted by Crippen LogP contribution is 2.32. The van der Waals surface area contributed by atoms with Crippen molar-refractivity contribution in [3.63, 3.8) is 0 Å². The Hall–Kier alpha value is -1.64. The van der Waals surface area contributed by atoms with E-state index in [1.807, 2.05) is 0 Å². The molecule has 0 saturated carbocycles. The predicted molar refractivity (Wildman–Crippen MR) is 81.3 cm³/mol. The molecule has 21 heavy (non-hydrogen) atoms. The lowest BCUT2D eigenvalue weighted by molar-refractivity contribution is 0.442. The first-order chi connectivity index (χ1) is 9.83. The highest BCUT2D eigenvalue weighted by molar-refractivity contribution is 9.10. The van der Waals surface area contributed by atoms with Gasteiger partial charge in [0.25, 0.3) is 0 Å². The largest absolute Gasteiger partial charge is 0.452 e. The number of nitrogens with one attached hydrogen (secondary N) is 1. The molecule has 0 aliphatic rings. The predicted octanol–water partition coefficient (Wildman–Crippen LogP) is 2.87. The fourth-order valence-corrected chi connectivity index (χ4v) is 2.64. The number of ether oxygens (including phenoxy) is 1. The summed E-state index contributed by atoms with van der Waals surface area (Å²) in [5, 5.41) is 0. The monoisotopic (exact) mass is 374 g/mol. The van der Waals surface area contributed by atoms with Gasteiger partial charge in [0.2, 0.25) is 10.0 Å². The maximum Gasteiger partial charge on any atom is 0.240 e. The van der Waals surface area contributed by atoms with Gasteiger partial charge in [0.15, 0.2) is 17.3 Å². The Bertz CT molecular complexity index is 781. The van der Waals surface area contributed by atoms with Crippen molar-refractivity contribution in [1.29, 1.82) is 0 Å². The Balaban J connectivity index is 2.42. The lowest BCUT2D eigenvalue weighted by Crippen LogP contribution is -2.18. The minimum Gasteiger partial charge on any atom is -0.452 e. The van der Waals surface area contributed by atoms with Crippen LogP contribution in [0.15, 0.2) is 45.8 Å². The molecule has 0 saturated heterocycles. The third-order valence-corrected chi connectivity index (χ3v) is 4.58. The molecule has 0 radical (unpaired) electrons. The molecule has 2 aromatic carbocycles. The number of nitrogen functional groups attached to an aromatic ring is 1. The first kappa shape index (κ1) is 15.7. The summed E-state index contributed by atoms with van der Waals surface area (Å²) in [6.45, 7) is 0. The van der Waals surface area contributed by atoms with E-state index >= 15 is 0 Å². The molecule has 2 aromatic rings. The molecule has 3 N–H and O–H groups in total. The van der Waals surface area contributed by atoms with Gasteiger partial charge in [-0.1, -0.05) is 15.9 Å². The van der Waals surface area contributed by atoms with E-state index in [4.69, 9.17) is 10.5 Å². The quantitative estimate of drug-likeness (QED) is 0.806. The number of halogens is 2. The molecule has 0 bridgehead atoms. The van der Waals surface area contributed by atoms with Gasteiger partial charge in [-0.25, -0.2) is 17.5 Å². The van der Waals surface area contributed by atoms with Crippen LogP contribution in [0.4, 0.5) is 10.1 Å². The van der Waals surface area contributed by atoms with Crippen molar-refractivity contribution in [2.45, 2.75) is 4.90 Å². The van der Waals surface area contributed by atoms with E-state index in [-0.39, 0.29) is 22.1 Å². The van der Waals surface area contributed by atoms with Gasteiger partial charge in [0, 0.05) is 10.5 Å². The molecular formula is C13H12BrFN2O3S. The second kappa shape index (κ2) is 6.00. The maximum atomic E-state index is 13.7. The van der Waals surface area contributed by atoms with Gasteiger partial charge in [0.1, 0.15) is 0 Å². The lowest BCUT2D eigenvalue weighted by Gasteiger charge is -2.11. The van der Waals surface area contributed by atoms with Gasteiger partial charge in [-0.05, 0) is 37.4 Å². The van der Waals surface area contributed by atoms with Crippen LogP contribution in [0.3, 0.4) is 0 Å². The lowest BCUT2D eigenvalue weighted by atomic mass is 10.3. The van der Waals surface area contributed by atoms with Crippen molar-refractivity contribution in [3.05, 3.63) is 46.7 Å². The highest BCUT2D eigenvalue weighted by Gasteiger charge is 2.15. The molecule has 0 atom stereocenters. The summed E-state index contributed by atoms with van der Waals surface area (Å²) in [6.07, 6.45) is 0. The second-order valence-corrected chi connectivity index (χ2v) is 6.89.